The molecular formula is C17H11ClN2O2S. The number of pyridine rings is 2. The molecule has 23 heavy (non-hydrogen) atoms. The second-order valence-corrected chi connectivity index (χ2v) is 6.76. The standard InChI is InChI=1S/C17H11ClN2O2S/c1-8-6-11(9-2-4-10(18)5-3-9)14-15-16(23-17(14)19-8)12(21)7-13(22)20-15/h2-7H,1H3,(H2,20,21,22). The molecule has 0 aliphatic carbocycles. The highest BCUT2D eigenvalue weighted by atomic mass is 35.5. The Morgan fingerprint density at radius 3 is 2.70 bits per heavy atom. The molecule has 2 N–H and O–H groups in total. The molecule has 0 radical (unpaired) electrons. The number of thiophene rings is 1. The molecule has 4 aromatic rings. The monoisotopic (exact) mass is 342 g/mol. The van der Waals surface area contributed by atoms with Gasteiger partial charge in [0.15, 0.2) is 0 Å². The van der Waals surface area contributed by atoms with E-state index in [2.05, 4.69) is 9.97 Å². The minimum absolute atomic E-state index is 0.0218. The van der Waals surface area contributed by atoms with Crippen LogP contribution >= 0.6 is 22.9 Å². The molecule has 114 valence electrons. The number of aromatic nitrogens is 2. The molecule has 6 heteroatoms. The van der Waals surface area contributed by atoms with Crippen LogP contribution in [0.25, 0.3) is 31.6 Å². The molecule has 0 fully saturated rings. The van der Waals surface area contributed by atoms with E-state index < -0.39 is 0 Å². The molecule has 3 aromatic heterocycles. The molecule has 0 saturated heterocycles. The molecule has 0 aliphatic rings. The molecule has 0 atom stereocenters. The first-order valence-corrected chi connectivity index (χ1v) is 8.14. The molecule has 0 aliphatic heterocycles. The SMILES string of the molecule is Cc1cc(-c2ccc(Cl)cc2)c2c(n1)sc1c(O)cc(=O)[nH]c12. The number of hydrogen-bond acceptors (Lipinski definition) is 4. The van der Waals surface area contributed by atoms with Gasteiger partial charge in [-0.15, -0.1) is 11.3 Å². The Morgan fingerprint density at radius 2 is 1.96 bits per heavy atom. The highest BCUT2D eigenvalue weighted by Crippen LogP contribution is 2.41. The van der Waals surface area contributed by atoms with Crippen LogP contribution in [0.3, 0.4) is 0 Å². The lowest BCUT2D eigenvalue weighted by molar-refractivity contribution is 0.481. The first-order valence-electron chi connectivity index (χ1n) is 6.95. The number of aromatic hydroxyl groups is 1. The number of halogens is 1. The van der Waals surface area contributed by atoms with Crippen LogP contribution in [0.2, 0.25) is 5.02 Å². The van der Waals surface area contributed by atoms with Gasteiger partial charge in [0.1, 0.15) is 10.6 Å². The van der Waals surface area contributed by atoms with Crippen LogP contribution in [-0.4, -0.2) is 15.1 Å². The fourth-order valence-corrected chi connectivity index (χ4v) is 3.97. The molecule has 4 nitrogen and oxygen atoms in total. The Hall–Kier alpha value is -2.37. The van der Waals surface area contributed by atoms with Crippen molar-refractivity contribution < 1.29 is 5.11 Å². The maximum absolute atomic E-state index is 11.8. The lowest BCUT2D eigenvalue weighted by Crippen LogP contribution is -2.02. The number of nitrogens with zero attached hydrogens (tertiary/aromatic N) is 1. The van der Waals surface area contributed by atoms with E-state index in [-0.39, 0.29) is 11.3 Å². The summed E-state index contributed by atoms with van der Waals surface area (Å²) in [6, 6.07) is 10.7. The van der Waals surface area contributed by atoms with Gasteiger partial charge in [0.05, 0.1) is 10.2 Å². The Kier molecular flexibility index (Phi) is 3.14. The maximum Gasteiger partial charge on any atom is 0.252 e. The van der Waals surface area contributed by atoms with Crippen LogP contribution in [-0.2, 0) is 0 Å². The zero-order chi connectivity index (χ0) is 16.1. The Labute approximate surface area is 140 Å². The van der Waals surface area contributed by atoms with Crippen molar-refractivity contribution in [1.82, 2.24) is 9.97 Å². The molecule has 0 bridgehead atoms. The summed E-state index contributed by atoms with van der Waals surface area (Å²) in [6.45, 7) is 1.92. The highest BCUT2D eigenvalue weighted by Gasteiger charge is 2.16. The van der Waals surface area contributed by atoms with E-state index in [0.717, 1.165) is 27.0 Å². The first-order chi connectivity index (χ1) is 11.0. The second-order valence-electron chi connectivity index (χ2n) is 5.32. The summed E-state index contributed by atoms with van der Waals surface area (Å²) < 4.78 is 0.632. The lowest BCUT2D eigenvalue weighted by Gasteiger charge is -2.06. The molecule has 1 aromatic carbocycles. The molecule has 3 heterocycles. The van der Waals surface area contributed by atoms with Gasteiger partial charge in [0.2, 0.25) is 0 Å². The van der Waals surface area contributed by atoms with Crippen molar-refractivity contribution >= 4 is 43.4 Å². The minimum atomic E-state index is -0.336. The molecule has 0 saturated carbocycles. The Bertz CT molecular complexity index is 1110. The molecular weight excluding hydrogens is 332 g/mol. The van der Waals surface area contributed by atoms with Crippen molar-refractivity contribution in [2.45, 2.75) is 6.92 Å². The van der Waals surface area contributed by atoms with E-state index in [0.29, 0.717) is 15.2 Å². The third kappa shape index (κ3) is 2.29. The first kappa shape index (κ1) is 14.2. The number of H-pyrrole nitrogens is 1. The van der Waals surface area contributed by atoms with Crippen LogP contribution in [0.5, 0.6) is 5.75 Å². The van der Waals surface area contributed by atoms with Crippen molar-refractivity contribution in [1.29, 1.82) is 0 Å². The number of nitrogens with one attached hydrogen (secondary N) is 1. The third-order valence-corrected chi connectivity index (χ3v) is 5.05. The average Bonchev–Trinajstić information content (AvgIpc) is 2.86. The molecule has 0 spiro atoms. The highest BCUT2D eigenvalue weighted by molar-refractivity contribution is 7.25. The molecule has 0 unspecified atom stereocenters. The fourth-order valence-electron chi connectivity index (χ4n) is 2.73. The largest absolute Gasteiger partial charge is 0.506 e. The van der Waals surface area contributed by atoms with E-state index in [1.54, 1.807) is 0 Å². The third-order valence-electron chi connectivity index (χ3n) is 3.69. The summed E-state index contributed by atoms with van der Waals surface area (Å²) in [7, 11) is 0. The number of fused-ring (bicyclic) bond motifs is 3. The van der Waals surface area contributed by atoms with Crippen LogP contribution in [0.4, 0.5) is 0 Å². The van der Waals surface area contributed by atoms with Gasteiger partial charge in [0.25, 0.3) is 5.56 Å². The minimum Gasteiger partial charge on any atom is -0.506 e. The van der Waals surface area contributed by atoms with Crippen LogP contribution in [0.15, 0.2) is 41.2 Å². The predicted octanol–water partition coefficient (Wildman–Crippen LogP) is 4.47. The molecule has 4 rings (SSSR count). The smallest absolute Gasteiger partial charge is 0.252 e. The van der Waals surface area contributed by atoms with Crippen LogP contribution < -0.4 is 5.56 Å². The quantitative estimate of drug-likeness (QED) is 0.536. The normalized spacial score (nSPS) is 11.4. The van der Waals surface area contributed by atoms with E-state index in [4.69, 9.17) is 11.6 Å². The summed E-state index contributed by atoms with van der Waals surface area (Å²) in [5.74, 6) is -0.0218. The number of aryl methyl sites for hydroxylation is 1. The summed E-state index contributed by atoms with van der Waals surface area (Å²) in [5, 5.41) is 11.6. The van der Waals surface area contributed by atoms with Crippen molar-refractivity contribution in [3.8, 4) is 16.9 Å². The van der Waals surface area contributed by atoms with Crippen LogP contribution in [0.1, 0.15) is 5.69 Å². The summed E-state index contributed by atoms with van der Waals surface area (Å²) in [6.07, 6.45) is 0. The van der Waals surface area contributed by atoms with Crippen molar-refractivity contribution in [2.75, 3.05) is 0 Å². The summed E-state index contributed by atoms with van der Waals surface area (Å²) in [5.41, 5.74) is 3.09. The fraction of sp³-hybridized carbons (Fsp3) is 0.0588. The topological polar surface area (TPSA) is 66.0 Å². The molecule has 0 amide bonds. The average molecular weight is 343 g/mol. The summed E-state index contributed by atoms with van der Waals surface area (Å²) >= 11 is 7.34. The van der Waals surface area contributed by atoms with Gasteiger partial charge >= 0.3 is 0 Å². The zero-order valence-corrected chi connectivity index (χ0v) is 13.6. The van der Waals surface area contributed by atoms with Crippen molar-refractivity contribution in [3.05, 3.63) is 57.5 Å². The number of hydrogen-bond donors (Lipinski definition) is 2. The van der Waals surface area contributed by atoms with Gasteiger partial charge in [-0.3, -0.25) is 4.79 Å². The Morgan fingerprint density at radius 1 is 1.22 bits per heavy atom. The zero-order valence-electron chi connectivity index (χ0n) is 12.1. The van der Waals surface area contributed by atoms with Gasteiger partial charge in [-0.25, -0.2) is 4.98 Å². The van der Waals surface area contributed by atoms with E-state index in [1.807, 2.05) is 37.3 Å². The number of benzene rings is 1. The second kappa shape index (κ2) is 5.08. The van der Waals surface area contributed by atoms with E-state index in [1.165, 1.54) is 17.4 Å². The van der Waals surface area contributed by atoms with Gasteiger partial charge in [0, 0.05) is 22.2 Å². The number of rotatable bonds is 1. The van der Waals surface area contributed by atoms with Crippen LogP contribution in [0, 0.1) is 6.92 Å². The number of aromatic amines is 1. The van der Waals surface area contributed by atoms with E-state index in [9.17, 15) is 9.90 Å². The maximum atomic E-state index is 11.8. The Balaban J connectivity index is 2.18. The predicted molar refractivity (Wildman–Crippen MR) is 94.6 cm³/mol. The van der Waals surface area contributed by atoms with E-state index >= 15 is 0 Å². The van der Waals surface area contributed by atoms with Crippen molar-refractivity contribution in [2.24, 2.45) is 0 Å². The summed E-state index contributed by atoms with van der Waals surface area (Å²) in [4.78, 5) is 19.9. The van der Waals surface area contributed by atoms with Crippen molar-refractivity contribution in [3.63, 3.8) is 0 Å². The van der Waals surface area contributed by atoms with Gasteiger partial charge in [-0.2, -0.15) is 0 Å². The van der Waals surface area contributed by atoms with Gasteiger partial charge in [-0.1, -0.05) is 23.7 Å². The van der Waals surface area contributed by atoms with Gasteiger partial charge < -0.3 is 10.1 Å². The van der Waals surface area contributed by atoms with Gasteiger partial charge in [-0.05, 0) is 36.2 Å². The lowest BCUT2D eigenvalue weighted by atomic mass is 10.0.